The van der Waals surface area contributed by atoms with Gasteiger partial charge in [0, 0.05) is 10.7 Å². The average Bonchev–Trinajstić information content (AvgIpc) is 2.65. The van der Waals surface area contributed by atoms with Crippen LogP contribution in [0.25, 0.3) is 0 Å². The number of anilines is 2. The van der Waals surface area contributed by atoms with E-state index in [-0.39, 0.29) is 0 Å². The number of hydrogen-bond acceptors (Lipinski definition) is 2. The molecule has 0 atom stereocenters. The van der Waals surface area contributed by atoms with E-state index in [2.05, 4.69) is 28.5 Å². The highest BCUT2D eigenvalue weighted by molar-refractivity contribution is 7.80. The van der Waals surface area contributed by atoms with Gasteiger partial charge < -0.3 is 20.4 Å². The Morgan fingerprint density at radius 1 is 1.11 bits per heavy atom. The Hall–Kier alpha value is -1.53. The molecule has 3 rings (SSSR count). The fourth-order valence-electron chi connectivity index (χ4n) is 3.54. The van der Waals surface area contributed by atoms with Gasteiger partial charge in [0.05, 0.1) is 50.0 Å². The molecule has 150 valence electrons. The van der Waals surface area contributed by atoms with Crippen LogP contribution < -0.4 is 20.4 Å². The Bertz CT molecular complexity index is 835. The van der Waals surface area contributed by atoms with Crippen LogP contribution in [0.1, 0.15) is 11.1 Å². The fourth-order valence-corrected chi connectivity index (χ4v) is 4.15. The van der Waals surface area contributed by atoms with Crippen molar-refractivity contribution >= 4 is 51.9 Å². The van der Waals surface area contributed by atoms with Crippen LogP contribution in [-0.4, -0.2) is 44.4 Å². The number of thiocarbonyl (C=S) groups is 1. The SMILES string of the molecule is Cc1ccc(Cl)c(NC(=S)NCC[NH+]2CCN(c3ccc(Cl)cc3C)CC2)c1. The van der Waals surface area contributed by atoms with Crippen LogP contribution >= 0.6 is 35.4 Å². The van der Waals surface area contributed by atoms with E-state index in [9.17, 15) is 0 Å². The second kappa shape index (κ2) is 9.79. The van der Waals surface area contributed by atoms with E-state index >= 15 is 0 Å². The van der Waals surface area contributed by atoms with Crippen LogP contribution in [0.15, 0.2) is 36.4 Å². The van der Waals surface area contributed by atoms with E-state index in [1.54, 1.807) is 4.90 Å². The predicted molar refractivity (Wildman–Crippen MR) is 124 cm³/mol. The van der Waals surface area contributed by atoms with Crippen molar-refractivity contribution in [3.8, 4) is 0 Å². The molecule has 2 aromatic rings. The molecule has 1 saturated heterocycles. The molecule has 0 saturated carbocycles. The zero-order valence-corrected chi connectivity index (χ0v) is 18.6. The number of piperazine rings is 1. The van der Waals surface area contributed by atoms with Crippen molar-refractivity contribution in [2.45, 2.75) is 13.8 Å². The molecular weight excluding hydrogens is 411 g/mol. The smallest absolute Gasteiger partial charge is 0.171 e. The lowest BCUT2D eigenvalue weighted by molar-refractivity contribution is -0.899. The minimum absolute atomic E-state index is 0.613. The third-order valence-corrected chi connectivity index (χ3v) is 5.92. The number of aryl methyl sites for hydroxylation is 2. The second-order valence-electron chi connectivity index (χ2n) is 7.28. The van der Waals surface area contributed by atoms with Gasteiger partial charge in [0.2, 0.25) is 0 Å². The van der Waals surface area contributed by atoms with E-state index < -0.39 is 0 Å². The Balaban J connectivity index is 1.40. The number of halogens is 2. The largest absolute Gasteiger partial charge is 0.360 e. The molecule has 3 N–H and O–H groups in total. The molecular formula is C21H27Cl2N4S+. The standard InChI is InChI=1S/C21H26Cl2N4S/c1-15-3-5-18(23)19(13-15)25-21(28)24-7-8-26-9-11-27(12-10-26)20-6-4-17(22)14-16(20)2/h3-6,13-14H,7-12H2,1-2H3,(H2,24,25,28)/p+1. The van der Waals surface area contributed by atoms with Crippen LogP contribution in [0.4, 0.5) is 11.4 Å². The van der Waals surface area contributed by atoms with E-state index in [0.717, 1.165) is 55.5 Å². The highest BCUT2D eigenvalue weighted by atomic mass is 35.5. The Kier molecular flexibility index (Phi) is 7.41. The lowest BCUT2D eigenvalue weighted by Crippen LogP contribution is -3.15. The van der Waals surface area contributed by atoms with E-state index in [1.807, 2.05) is 37.3 Å². The summed E-state index contributed by atoms with van der Waals surface area (Å²) in [5, 5.41) is 8.57. The number of hydrogen-bond donors (Lipinski definition) is 3. The molecule has 1 heterocycles. The molecule has 1 aliphatic heterocycles. The van der Waals surface area contributed by atoms with Gasteiger partial charge in [-0.05, 0) is 67.5 Å². The number of quaternary nitrogens is 1. The van der Waals surface area contributed by atoms with Gasteiger partial charge >= 0.3 is 0 Å². The van der Waals surface area contributed by atoms with Gasteiger partial charge in [0.25, 0.3) is 0 Å². The van der Waals surface area contributed by atoms with Crippen molar-refractivity contribution in [2.75, 3.05) is 49.5 Å². The maximum absolute atomic E-state index is 6.21. The summed E-state index contributed by atoms with van der Waals surface area (Å²) in [4.78, 5) is 4.04. The molecule has 1 fully saturated rings. The average molecular weight is 438 g/mol. The van der Waals surface area contributed by atoms with E-state index in [1.165, 1.54) is 11.3 Å². The Morgan fingerprint density at radius 2 is 1.86 bits per heavy atom. The van der Waals surface area contributed by atoms with Gasteiger partial charge in [0.15, 0.2) is 5.11 Å². The molecule has 7 heteroatoms. The summed E-state index contributed by atoms with van der Waals surface area (Å²) >= 11 is 17.7. The molecule has 0 bridgehead atoms. The van der Waals surface area contributed by atoms with Crippen molar-refractivity contribution in [1.29, 1.82) is 0 Å². The zero-order valence-electron chi connectivity index (χ0n) is 16.3. The number of nitrogens with one attached hydrogen (secondary N) is 3. The van der Waals surface area contributed by atoms with Gasteiger partial charge in [-0.1, -0.05) is 29.3 Å². The van der Waals surface area contributed by atoms with Crippen LogP contribution in [0.3, 0.4) is 0 Å². The van der Waals surface area contributed by atoms with Crippen molar-refractivity contribution in [3.63, 3.8) is 0 Å². The summed E-state index contributed by atoms with van der Waals surface area (Å²) in [5.41, 5.74) is 4.53. The quantitative estimate of drug-likeness (QED) is 0.626. The molecule has 0 amide bonds. The summed E-state index contributed by atoms with van der Waals surface area (Å²) in [5.74, 6) is 0. The van der Waals surface area contributed by atoms with Crippen LogP contribution in [0, 0.1) is 13.8 Å². The second-order valence-corrected chi connectivity index (χ2v) is 8.53. The summed E-state index contributed by atoms with van der Waals surface area (Å²) in [6.45, 7) is 10.4. The summed E-state index contributed by atoms with van der Waals surface area (Å²) < 4.78 is 0. The summed E-state index contributed by atoms with van der Waals surface area (Å²) in [6.07, 6.45) is 0. The monoisotopic (exact) mass is 437 g/mol. The third-order valence-electron chi connectivity index (χ3n) is 5.10. The Morgan fingerprint density at radius 3 is 2.57 bits per heavy atom. The first kappa shape index (κ1) is 21.2. The minimum Gasteiger partial charge on any atom is -0.360 e. The van der Waals surface area contributed by atoms with Crippen molar-refractivity contribution in [3.05, 3.63) is 57.6 Å². The topological polar surface area (TPSA) is 31.7 Å². The number of benzene rings is 2. The minimum atomic E-state index is 0.613. The highest BCUT2D eigenvalue weighted by Gasteiger charge is 2.21. The van der Waals surface area contributed by atoms with Gasteiger partial charge in [-0.3, -0.25) is 0 Å². The van der Waals surface area contributed by atoms with Crippen molar-refractivity contribution in [2.24, 2.45) is 0 Å². The molecule has 2 aromatic carbocycles. The first-order chi connectivity index (χ1) is 13.4. The van der Waals surface area contributed by atoms with Gasteiger partial charge in [-0.2, -0.15) is 0 Å². The van der Waals surface area contributed by atoms with Gasteiger partial charge in [-0.15, -0.1) is 0 Å². The molecule has 0 radical (unpaired) electrons. The van der Waals surface area contributed by atoms with Crippen LogP contribution in [-0.2, 0) is 0 Å². The molecule has 0 unspecified atom stereocenters. The molecule has 28 heavy (non-hydrogen) atoms. The van der Waals surface area contributed by atoms with E-state index in [4.69, 9.17) is 35.4 Å². The number of nitrogens with zero attached hydrogens (tertiary/aromatic N) is 1. The zero-order chi connectivity index (χ0) is 20.1. The fraction of sp³-hybridized carbons (Fsp3) is 0.381. The third kappa shape index (κ3) is 5.74. The molecule has 4 nitrogen and oxygen atoms in total. The van der Waals surface area contributed by atoms with Crippen LogP contribution in [0.2, 0.25) is 10.0 Å². The highest BCUT2D eigenvalue weighted by Crippen LogP contribution is 2.24. The summed E-state index contributed by atoms with van der Waals surface area (Å²) in [6, 6.07) is 12.0. The maximum atomic E-state index is 6.21. The van der Waals surface area contributed by atoms with Crippen molar-refractivity contribution in [1.82, 2.24) is 5.32 Å². The first-order valence-corrected chi connectivity index (χ1v) is 10.7. The molecule has 0 aliphatic carbocycles. The lowest BCUT2D eigenvalue weighted by Gasteiger charge is -2.34. The van der Waals surface area contributed by atoms with Gasteiger partial charge in [-0.25, -0.2) is 0 Å². The molecule has 0 aromatic heterocycles. The predicted octanol–water partition coefficient (Wildman–Crippen LogP) is 3.30. The van der Waals surface area contributed by atoms with Crippen LogP contribution in [0.5, 0.6) is 0 Å². The number of rotatable bonds is 5. The molecule has 1 aliphatic rings. The van der Waals surface area contributed by atoms with E-state index in [0.29, 0.717) is 10.1 Å². The van der Waals surface area contributed by atoms with Gasteiger partial charge in [0.1, 0.15) is 0 Å². The maximum Gasteiger partial charge on any atom is 0.171 e. The summed E-state index contributed by atoms with van der Waals surface area (Å²) in [7, 11) is 0. The van der Waals surface area contributed by atoms with Crippen molar-refractivity contribution < 1.29 is 4.90 Å². The first-order valence-electron chi connectivity index (χ1n) is 9.58. The molecule has 0 spiro atoms. The Labute approximate surface area is 182 Å². The normalized spacial score (nSPS) is 14.8. The lowest BCUT2D eigenvalue weighted by atomic mass is 10.1.